The first-order valence-electron chi connectivity index (χ1n) is 9.90. The molecule has 1 aromatic carbocycles. The van der Waals surface area contributed by atoms with Crippen LogP contribution in [0.4, 0.5) is 5.69 Å². The Bertz CT molecular complexity index is 859. The number of hydrogen-bond acceptors (Lipinski definition) is 5. The maximum absolute atomic E-state index is 13.0. The molecular formula is C20H25N5O3. The van der Waals surface area contributed by atoms with Gasteiger partial charge < -0.3 is 4.90 Å². The normalized spacial score (nSPS) is 20.4. The van der Waals surface area contributed by atoms with Gasteiger partial charge in [0.25, 0.3) is 11.6 Å². The van der Waals surface area contributed by atoms with E-state index in [9.17, 15) is 14.9 Å². The monoisotopic (exact) mass is 383 g/mol. The second kappa shape index (κ2) is 8.10. The number of rotatable bonds is 5. The molecule has 8 nitrogen and oxygen atoms in total. The molecule has 1 N–H and O–H groups in total. The van der Waals surface area contributed by atoms with Crippen LogP contribution < -0.4 is 0 Å². The van der Waals surface area contributed by atoms with E-state index < -0.39 is 4.92 Å². The van der Waals surface area contributed by atoms with Crippen LogP contribution in [-0.4, -0.2) is 57.0 Å². The van der Waals surface area contributed by atoms with Gasteiger partial charge in [-0.25, -0.2) is 0 Å². The fourth-order valence-electron chi connectivity index (χ4n) is 4.36. The third kappa shape index (κ3) is 3.77. The van der Waals surface area contributed by atoms with E-state index in [2.05, 4.69) is 15.1 Å². The van der Waals surface area contributed by atoms with Crippen molar-refractivity contribution >= 4 is 11.6 Å². The summed E-state index contributed by atoms with van der Waals surface area (Å²) in [4.78, 5) is 28.0. The van der Waals surface area contributed by atoms with Gasteiger partial charge >= 0.3 is 0 Å². The van der Waals surface area contributed by atoms with E-state index in [4.69, 9.17) is 0 Å². The number of nitrogens with one attached hydrogen (secondary N) is 1. The average Bonchev–Trinajstić information content (AvgIpc) is 3.40. The number of aromatic nitrogens is 2. The molecule has 1 atom stereocenters. The molecule has 2 aliphatic rings. The van der Waals surface area contributed by atoms with Gasteiger partial charge in [-0.1, -0.05) is 12.1 Å². The molecule has 148 valence electrons. The molecule has 1 unspecified atom stereocenters. The Labute approximate surface area is 163 Å². The molecule has 28 heavy (non-hydrogen) atoms. The van der Waals surface area contributed by atoms with Crippen LogP contribution >= 0.6 is 0 Å². The molecular weight excluding hydrogens is 358 g/mol. The summed E-state index contributed by atoms with van der Waals surface area (Å²) in [6, 6.07) is 6.19. The summed E-state index contributed by atoms with van der Waals surface area (Å²) >= 11 is 0. The number of nitrogens with zero attached hydrogens (tertiary/aromatic N) is 4. The Kier molecular flexibility index (Phi) is 5.38. The van der Waals surface area contributed by atoms with Crippen LogP contribution in [0.3, 0.4) is 0 Å². The van der Waals surface area contributed by atoms with Gasteiger partial charge in [-0.2, -0.15) is 5.10 Å². The molecule has 0 bridgehead atoms. The van der Waals surface area contributed by atoms with Gasteiger partial charge in [0.05, 0.1) is 11.1 Å². The maximum Gasteiger partial charge on any atom is 0.282 e. The Balaban J connectivity index is 1.50. The predicted molar refractivity (Wildman–Crippen MR) is 104 cm³/mol. The fraction of sp³-hybridized carbons (Fsp3) is 0.500. The molecule has 0 saturated carbocycles. The Morgan fingerprint density at radius 3 is 2.79 bits per heavy atom. The highest BCUT2D eigenvalue weighted by Crippen LogP contribution is 2.30. The number of amides is 1. The number of likely N-dealkylation sites (tertiary alicyclic amines) is 2. The number of aromatic amines is 1. The number of nitro benzene ring substituents is 1. The lowest BCUT2D eigenvalue weighted by Gasteiger charge is -2.33. The molecule has 2 aromatic rings. The minimum absolute atomic E-state index is 0.133. The van der Waals surface area contributed by atoms with Gasteiger partial charge in [-0.05, 0) is 44.8 Å². The summed E-state index contributed by atoms with van der Waals surface area (Å²) in [5, 5.41) is 18.7. The van der Waals surface area contributed by atoms with Crippen molar-refractivity contribution in [1.82, 2.24) is 20.0 Å². The number of nitro groups is 1. The number of benzene rings is 1. The van der Waals surface area contributed by atoms with E-state index in [1.54, 1.807) is 23.1 Å². The second-order valence-electron chi connectivity index (χ2n) is 7.66. The molecule has 2 saturated heterocycles. The number of para-hydroxylation sites is 1. The molecule has 0 aliphatic carbocycles. The molecule has 8 heteroatoms. The highest BCUT2D eigenvalue weighted by molar-refractivity contribution is 5.98. The minimum atomic E-state index is -0.488. The van der Waals surface area contributed by atoms with Crippen molar-refractivity contribution in [2.75, 3.05) is 26.2 Å². The quantitative estimate of drug-likeness (QED) is 0.633. The van der Waals surface area contributed by atoms with Crippen LogP contribution in [-0.2, 0) is 6.54 Å². The SMILES string of the molecule is O=C(c1ccccc1[N+](=O)[O-])N1CCCC(c2[nH]ncc2CN2CCCC2)C1. The van der Waals surface area contributed by atoms with E-state index in [1.165, 1.54) is 24.5 Å². The van der Waals surface area contributed by atoms with Crippen LogP contribution in [0.15, 0.2) is 30.5 Å². The largest absolute Gasteiger partial charge is 0.338 e. The van der Waals surface area contributed by atoms with E-state index in [-0.39, 0.29) is 23.1 Å². The zero-order valence-electron chi connectivity index (χ0n) is 15.8. The number of hydrogen-bond donors (Lipinski definition) is 1. The maximum atomic E-state index is 13.0. The summed E-state index contributed by atoms with van der Waals surface area (Å²) in [7, 11) is 0. The zero-order valence-corrected chi connectivity index (χ0v) is 15.8. The Hall–Kier alpha value is -2.74. The van der Waals surface area contributed by atoms with Crippen LogP contribution in [0, 0.1) is 10.1 Å². The molecule has 2 fully saturated rings. The summed E-state index contributed by atoms with van der Waals surface area (Å²) in [5.74, 6) is -0.0850. The van der Waals surface area contributed by atoms with Crippen LogP contribution in [0.5, 0.6) is 0 Å². The highest BCUT2D eigenvalue weighted by atomic mass is 16.6. The van der Waals surface area contributed by atoms with E-state index in [0.717, 1.165) is 38.2 Å². The van der Waals surface area contributed by atoms with Crippen molar-refractivity contribution in [3.63, 3.8) is 0 Å². The number of carbonyl (C=O) groups is 1. The van der Waals surface area contributed by atoms with E-state index in [1.807, 2.05) is 6.20 Å². The minimum Gasteiger partial charge on any atom is -0.338 e. The number of piperidine rings is 1. The van der Waals surface area contributed by atoms with E-state index >= 15 is 0 Å². The first kappa shape index (κ1) is 18.6. The molecule has 0 radical (unpaired) electrons. The van der Waals surface area contributed by atoms with Crippen molar-refractivity contribution in [3.05, 3.63) is 57.4 Å². The van der Waals surface area contributed by atoms with Crippen molar-refractivity contribution < 1.29 is 9.72 Å². The zero-order chi connectivity index (χ0) is 19.5. The summed E-state index contributed by atoms with van der Waals surface area (Å²) in [6.07, 6.45) is 6.25. The van der Waals surface area contributed by atoms with Gasteiger partial charge in [-0.15, -0.1) is 0 Å². The number of carbonyl (C=O) groups excluding carboxylic acids is 1. The van der Waals surface area contributed by atoms with Gasteiger partial charge in [0.15, 0.2) is 0 Å². The Morgan fingerprint density at radius 2 is 2.00 bits per heavy atom. The summed E-state index contributed by atoms with van der Waals surface area (Å²) in [6.45, 7) is 4.31. The van der Waals surface area contributed by atoms with Crippen molar-refractivity contribution in [3.8, 4) is 0 Å². The fourth-order valence-corrected chi connectivity index (χ4v) is 4.36. The lowest BCUT2D eigenvalue weighted by atomic mass is 9.92. The van der Waals surface area contributed by atoms with E-state index in [0.29, 0.717) is 13.1 Å². The third-order valence-electron chi connectivity index (χ3n) is 5.79. The predicted octanol–water partition coefficient (Wildman–Crippen LogP) is 2.93. The first-order chi connectivity index (χ1) is 13.6. The second-order valence-corrected chi connectivity index (χ2v) is 7.66. The average molecular weight is 383 g/mol. The summed E-state index contributed by atoms with van der Waals surface area (Å²) < 4.78 is 0. The van der Waals surface area contributed by atoms with Gasteiger partial charge in [0, 0.05) is 42.9 Å². The smallest absolute Gasteiger partial charge is 0.282 e. The molecule has 1 amide bonds. The molecule has 4 rings (SSSR count). The molecule has 0 spiro atoms. The lowest BCUT2D eigenvalue weighted by molar-refractivity contribution is -0.385. The van der Waals surface area contributed by atoms with Crippen LogP contribution in [0.2, 0.25) is 0 Å². The van der Waals surface area contributed by atoms with Gasteiger partial charge in [0.1, 0.15) is 5.56 Å². The topological polar surface area (TPSA) is 95.4 Å². The van der Waals surface area contributed by atoms with Crippen molar-refractivity contribution in [2.45, 2.75) is 38.1 Å². The standard InChI is InChI=1S/C20H25N5O3/c26-20(17-7-1-2-8-18(17)25(27)28)24-11-5-6-15(14-24)19-16(12-21-22-19)13-23-9-3-4-10-23/h1-2,7-8,12,15H,3-6,9-11,13-14H2,(H,21,22). The Morgan fingerprint density at radius 1 is 1.21 bits per heavy atom. The highest BCUT2D eigenvalue weighted by Gasteiger charge is 2.31. The van der Waals surface area contributed by atoms with Crippen LogP contribution in [0.1, 0.15) is 53.2 Å². The lowest BCUT2D eigenvalue weighted by Crippen LogP contribution is -2.39. The van der Waals surface area contributed by atoms with Crippen LogP contribution in [0.25, 0.3) is 0 Å². The van der Waals surface area contributed by atoms with Gasteiger partial charge in [-0.3, -0.25) is 24.9 Å². The third-order valence-corrected chi connectivity index (χ3v) is 5.79. The molecule has 1 aromatic heterocycles. The van der Waals surface area contributed by atoms with Crippen molar-refractivity contribution in [2.24, 2.45) is 0 Å². The first-order valence-corrected chi connectivity index (χ1v) is 9.90. The molecule has 2 aliphatic heterocycles. The van der Waals surface area contributed by atoms with Crippen molar-refractivity contribution in [1.29, 1.82) is 0 Å². The summed E-state index contributed by atoms with van der Waals surface area (Å²) in [5.41, 5.74) is 2.33. The number of H-pyrrole nitrogens is 1. The van der Waals surface area contributed by atoms with Gasteiger partial charge in [0.2, 0.25) is 0 Å². The molecule has 3 heterocycles.